The number of amides is 2. The minimum Gasteiger partial charge on any atom is -0.481 e. The number of nitrogens with zero attached hydrogens (tertiary/aromatic N) is 1. The average Bonchev–Trinajstić information content (AvgIpc) is 2.61. The molecule has 0 atom stereocenters. The molecule has 0 aromatic heterocycles. The summed E-state index contributed by atoms with van der Waals surface area (Å²) in [5.41, 5.74) is 0.225. The first-order valence-electron chi connectivity index (χ1n) is 7.91. The highest BCUT2D eigenvalue weighted by Crippen LogP contribution is 2.24. The Kier molecular flexibility index (Phi) is 6.80. The van der Waals surface area contributed by atoms with Gasteiger partial charge in [-0.3, -0.25) is 9.59 Å². The molecular weight excluding hydrogens is 384 g/mol. The van der Waals surface area contributed by atoms with Crippen LogP contribution in [-0.4, -0.2) is 43.3 Å². The summed E-state index contributed by atoms with van der Waals surface area (Å²) in [6, 6.07) is 10.1. The molecule has 0 aliphatic rings. The number of para-hydroxylation sites is 1. The molecule has 0 radical (unpaired) electrons. The number of halogens is 4. The molecule has 2 aromatic carbocycles. The number of hydrogen-bond acceptors (Lipinski definition) is 4. The number of anilines is 1. The van der Waals surface area contributed by atoms with Gasteiger partial charge in [0, 0.05) is 12.7 Å². The number of nitrogens with one attached hydrogen (secondary N) is 1. The highest BCUT2D eigenvalue weighted by atomic mass is 19.4. The van der Waals surface area contributed by atoms with Gasteiger partial charge in [-0.05, 0) is 36.4 Å². The van der Waals surface area contributed by atoms with Gasteiger partial charge in [0.1, 0.15) is 5.75 Å². The summed E-state index contributed by atoms with van der Waals surface area (Å²) in [5.74, 6) is -2.27. The lowest BCUT2D eigenvalue weighted by Crippen LogP contribution is -2.37. The molecule has 0 unspecified atom stereocenters. The van der Waals surface area contributed by atoms with Crippen LogP contribution in [0.1, 0.15) is 0 Å². The normalized spacial score (nSPS) is 10.9. The third kappa shape index (κ3) is 6.78. The molecule has 0 spiro atoms. The second-order valence-electron chi connectivity index (χ2n) is 5.59. The first kappa shape index (κ1) is 21.0. The number of carbonyl (C=O) groups is 2. The molecular formula is C18H16F4N2O4. The standard InChI is InChI=1S/C18H16F4N2O4/c1-24(17(26)11-27-15-5-3-2-4-14(15)19)10-16(25)23-12-6-8-13(9-7-12)28-18(20,21)22/h2-9H,10-11H2,1H3,(H,23,25). The van der Waals surface area contributed by atoms with Gasteiger partial charge in [0.05, 0.1) is 6.54 Å². The minimum atomic E-state index is -4.81. The SMILES string of the molecule is CN(CC(=O)Nc1ccc(OC(F)(F)F)cc1)C(=O)COc1ccccc1F. The van der Waals surface area contributed by atoms with E-state index < -0.39 is 36.4 Å². The molecule has 0 fully saturated rings. The molecule has 0 bridgehead atoms. The maximum absolute atomic E-state index is 13.4. The molecule has 1 N–H and O–H groups in total. The first-order chi connectivity index (χ1) is 13.1. The Balaban J connectivity index is 1.81. The Morgan fingerprint density at radius 2 is 1.71 bits per heavy atom. The zero-order chi connectivity index (χ0) is 20.7. The molecule has 2 rings (SSSR count). The van der Waals surface area contributed by atoms with E-state index in [1.165, 1.54) is 37.4 Å². The monoisotopic (exact) mass is 400 g/mol. The average molecular weight is 400 g/mol. The largest absolute Gasteiger partial charge is 0.573 e. The van der Waals surface area contributed by atoms with Crippen molar-refractivity contribution in [2.24, 2.45) is 0 Å². The Morgan fingerprint density at radius 3 is 2.32 bits per heavy atom. The topological polar surface area (TPSA) is 67.9 Å². The van der Waals surface area contributed by atoms with Gasteiger partial charge in [0.25, 0.3) is 5.91 Å². The molecule has 150 valence electrons. The second kappa shape index (κ2) is 9.07. The Morgan fingerprint density at radius 1 is 1.07 bits per heavy atom. The van der Waals surface area contributed by atoms with Crippen LogP contribution in [0.2, 0.25) is 0 Å². The van der Waals surface area contributed by atoms with Gasteiger partial charge >= 0.3 is 6.36 Å². The van der Waals surface area contributed by atoms with Crippen LogP contribution >= 0.6 is 0 Å². The van der Waals surface area contributed by atoms with Crippen molar-refractivity contribution in [3.63, 3.8) is 0 Å². The minimum absolute atomic E-state index is 0.0881. The summed E-state index contributed by atoms with van der Waals surface area (Å²) in [6.45, 7) is -0.797. The van der Waals surface area contributed by atoms with E-state index in [0.29, 0.717) is 0 Å². The smallest absolute Gasteiger partial charge is 0.481 e. The Bertz CT molecular complexity index is 825. The van der Waals surface area contributed by atoms with E-state index in [-0.39, 0.29) is 18.0 Å². The third-order valence-corrected chi connectivity index (χ3v) is 3.37. The zero-order valence-corrected chi connectivity index (χ0v) is 14.6. The van der Waals surface area contributed by atoms with E-state index in [9.17, 15) is 27.2 Å². The summed E-state index contributed by atoms with van der Waals surface area (Å²) in [5, 5.41) is 2.43. The Hall–Kier alpha value is -3.30. The van der Waals surface area contributed by atoms with Crippen molar-refractivity contribution in [3.05, 3.63) is 54.3 Å². The molecule has 2 amide bonds. The lowest BCUT2D eigenvalue weighted by molar-refractivity contribution is -0.274. The van der Waals surface area contributed by atoms with Crippen molar-refractivity contribution in [3.8, 4) is 11.5 Å². The highest BCUT2D eigenvalue weighted by Gasteiger charge is 2.31. The fourth-order valence-corrected chi connectivity index (χ4v) is 2.06. The molecule has 28 heavy (non-hydrogen) atoms. The van der Waals surface area contributed by atoms with Gasteiger partial charge in [0.2, 0.25) is 5.91 Å². The number of likely N-dealkylation sites (N-methyl/N-ethyl adjacent to an activating group) is 1. The van der Waals surface area contributed by atoms with Crippen molar-refractivity contribution in [2.45, 2.75) is 6.36 Å². The van der Waals surface area contributed by atoms with Gasteiger partial charge in [-0.2, -0.15) is 0 Å². The van der Waals surface area contributed by atoms with Gasteiger partial charge in [-0.15, -0.1) is 13.2 Å². The van der Waals surface area contributed by atoms with Crippen LogP contribution in [0.5, 0.6) is 11.5 Å². The van der Waals surface area contributed by atoms with E-state index >= 15 is 0 Å². The van der Waals surface area contributed by atoms with Crippen LogP contribution in [0.15, 0.2) is 48.5 Å². The summed E-state index contributed by atoms with van der Waals surface area (Å²) < 4.78 is 58.5. The van der Waals surface area contributed by atoms with Crippen LogP contribution in [-0.2, 0) is 9.59 Å². The van der Waals surface area contributed by atoms with Crippen molar-refractivity contribution >= 4 is 17.5 Å². The summed E-state index contributed by atoms with van der Waals surface area (Å²) >= 11 is 0. The fourth-order valence-electron chi connectivity index (χ4n) is 2.06. The molecule has 6 nitrogen and oxygen atoms in total. The van der Waals surface area contributed by atoms with Gasteiger partial charge < -0.3 is 19.7 Å². The Labute approximate surface area is 157 Å². The van der Waals surface area contributed by atoms with E-state index in [1.807, 2.05) is 0 Å². The maximum atomic E-state index is 13.4. The van der Waals surface area contributed by atoms with Crippen molar-refractivity contribution < 1.29 is 36.6 Å². The van der Waals surface area contributed by atoms with Crippen LogP contribution in [0, 0.1) is 5.82 Å². The van der Waals surface area contributed by atoms with E-state index in [2.05, 4.69) is 10.1 Å². The third-order valence-electron chi connectivity index (χ3n) is 3.37. The van der Waals surface area contributed by atoms with Gasteiger partial charge in [-0.25, -0.2) is 4.39 Å². The summed E-state index contributed by atoms with van der Waals surface area (Å²) in [7, 11) is 1.35. The van der Waals surface area contributed by atoms with Crippen LogP contribution in [0.4, 0.5) is 23.2 Å². The van der Waals surface area contributed by atoms with Gasteiger partial charge in [-0.1, -0.05) is 12.1 Å². The molecule has 0 saturated heterocycles. The summed E-state index contributed by atoms with van der Waals surface area (Å²) in [4.78, 5) is 25.0. The van der Waals surface area contributed by atoms with Crippen LogP contribution in [0.25, 0.3) is 0 Å². The van der Waals surface area contributed by atoms with E-state index in [4.69, 9.17) is 4.74 Å². The number of ether oxygens (including phenoxy) is 2. The highest BCUT2D eigenvalue weighted by molar-refractivity contribution is 5.94. The van der Waals surface area contributed by atoms with Crippen molar-refractivity contribution in [1.29, 1.82) is 0 Å². The van der Waals surface area contributed by atoms with E-state index in [1.54, 1.807) is 6.07 Å². The predicted octanol–water partition coefficient (Wildman–Crippen LogP) is 3.20. The molecule has 0 aliphatic carbocycles. The van der Waals surface area contributed by atoms with Crippen molar-refractivity contribution in [2.75, 3.05) is 25.5 Å². The number of hydrogen-bond donors (Lipinski definition) is 1. The van der Waals surface area contributed by atoms with Crippen LogP contribution < -0.4 is 14.8 Å². The number of benzene rings is 2. The quantitative estimate of drug-likeness (QED) is 0.725. The molecule has 0 saturated carbocycles. The number of alkyl halides is 3. The molecule has 10 heteroatoms. The fraction of sp³-hybridized carbons (Fsp3) is 0.222. The van der Waals surface area contributed by atoms with Gasteiger partial charge in [0.15, 0.2) is 18.2 Å². The van der Waals surface area contributed by atoms with E-state index in [0.717, 1.165) is 17.0 Å². The first-order valence-corrected chi connectivity index (χ1v) is 7.91. The van der Waals surface area contributed by atoms with Crippen molar-refractivity contribution in [1.82, 2.24) is 4.90 Å². The molecule has 0 heterocycles. The molecule has 0 aliphatic heterocycles. The zero-order valence-electron chi connectivity index (χ0n) is 14.6. The number of rotatable bonds is 7. The lowest BCUT2D eigenvalue weighted by Gasteiger charge is -2.17. The number of carbonyl (C=O) groups excluding carboxylic acids is 2. The predicted molar refractivity (Wildman–Crippen MR) is 91.3 cm³/mol. The van der Waals surface area contributed by atoms with Crippen LogP contribution in [0.3, 0.4) is 0 Å². The maximum Gasteiger partial charge on any atom is 0.573 e. The summed E-state index contributed by atoms with van der Waals surface area (Å²) in [6.07, 6.45) is -4.81. The molecule has 2 aromatic rings. The lowest BCUT2D eigenvalue weighted by atomic mass is 10.3. The second-order valence-corrected chi connectivity index (χ2v) is 5.59.